The van der Waals surface area contributed by atoms with Crippen molar-refractivity contribution < 1.29 is 9.53 Å². The standard InChI is InChI=1S/C11H13ClN2O2/c12-9-7-8(1-2-10(9)13)11(15)14-3-5-16-6-4-14/h1-2,7H,3-6,13H2. The summed E-state index contributed by atoms with van der Waals surface area (Å²) in [4.78, 5) is 13.8. The summed E-state index contributed by atoms with van der Waals surface area (Å²) in [6, 6.07) is 4.95. The third kappa shape index (κ3) is 2.28. The summed E-state index contributed by atoms with van der Waals surface area (Å²) < 4.78 is 5.19. The fraction of sp³-hybridized carbons (Fsp3) is 0.364. The molecule has 0 saturated carbocycles. The van der Waals surface area contributed by atoms with Gasteiger partial charge in [-0.2, -0.15) is 0 Å². The molecule has 0 atom stereocenters. The van der Waals surface area contributed by atoms with Gasteiger partial charge in [-0.05, 0) is 18.2 Å². The molecule has 0 bridgehead atoms. The highest BCUT2D eigenvalue weighted by Gasteiger charge is 2.18. The molecule has 0 aliphatic carbocycles. The molecule has 16 heavy (non-hydrogen) atoms. The van der Waals surface area contributed by atoms with E-state index in [1.54, 1.807) is 23.1 Å². The lowest BCUT2D eigenvalue weighted by Crippen LogP contribution is -2.40. The average Bonchev–Trinajstić information content (AvgIpc) is 2.33. The second-order valence-electron chi connectivity index (χ2n) is 3.64. The highest BCUT2D eigenvalue weighted by atomic mass is 35.5. The predicted octanol–water partition coefficient (Wildman–Crippen LogP) is 1.39. The molecule has 1 saturated heterocycles. The molecule has 0 aromatic heterocycles. The lowest BCUT2D eigenvalue weighted by Gasteiger charge is -2.26. The summed E-state index contributed by atoms with van der Waals surface area (Å²) >= 11 is 5.88. The van der Waals surface area contributed by atoms with E-state index in [1.807, 2.05) is 0 Å². The SMILES string of the molecule is Nc1ccc(C(=O)N2CCOCC2)cc1Cl. The van der Waals surface area contributed by atoms with E-state index >= 15 is 0 Å². The van der Waals surface area contributed by atoms with Crippen molar-refractivity contribution in [2.45, 2.75) is 0 Å². The summed E-state index contributed by atoms with van der Waals surface area (Å²) in [6.45, 7) is 2.44. The van der Waals surface area contributed by atoms with Crippen molar-refractivity contribution in [1.82, 2.24) is 4.90 Å². The van der Waals surface area contributed by atoms with E-state index < -0.39 is 0 Å². The first-order valence-corrected chi connectivity index (χ1v) is 5.48. The van der Waals surface area contributed by atoms with Gasteiger partial charge in [0.2, 0.25) is 0 Å². The summed E-state index contributed by atoms with van der Waals surface area (Å²) in [5.41, 5.74) is 6.65. The normalized spacial score (nSPS) is 16.2. The fourth-order valence-corrected chi connectivity index (χ4v) is 1.79. The smallest absolute Gasteiger partial charge is 0.254 e. The first-order valence-electron chi connectivity index (χ1n) is 5.10. The molecule has 0 radical (unpaired) electrons. The van der Waals surface area contributed by atoms with Crippen LogP contribution in [-0.2, 0) is 4.74 Å². The third-order valence-electron chi connectivity index (χ3n) is 2.55. The summed E-state index contributed by atoms with van der Waals surface area (Å²) in [7, 11) is 0. The highest BCUT2D eigenvalue weighted by molar-refractivity contribution is 6.33. The number of carbonyl (C=O) groups excluding carboxylic acids is 1. The maximum Gasteiger partial charge on any atom is 0.254 e. The van der Waals surface area contributed by atoms with Gasteiger partial charge in [0.05, 0.1) is 23.9 Å². The van der Waals surface area contributed by atoms with Gasteiger partial charge in [0.25, 0.3) is 5.91 Å². The zero-order valence-electron chi connectivity index (χ0n) is 8.78. The lowest BCUT2D eigenvalue weighted by molar-refractivity contribution is 0.0303. The number of nitrogens with two attached hydrogens (primary N) is 1. The van der Waals surface area contributed by atoms with E-state index in [-0.39, 0.29) is 5.91 Å². The van der Waals surface area contributed by atoms with Gasteiger partial charge in [0.15, 0.2) is 0 Å². The van der Waals surface area contributed by atoms with Gasteiger partial charge in [-0.3, -0.25) is 4.79 Å². The molecule has 1 heterocycles. The van der Waals surface area contributed by atoms with Crippen LogP contribution in [0.3, 0.4) is 0 Å². The van der Waals surface area contributed by atoms with Crippen molar-refractivity contribution in [3.8, 4) is 0 Å². The molecular weight excluding hydrogens is 228 g/mol. The Hall–Kier alpha value is -1.26. The van der Waals surface area contributed by atoms with Crippen molar-refractivity contribution in [3.63, 3.8) is 0 Å². The zero-order chi connectivity index (χ0) is 11.5. The Labute approximate surface area is 98.9 Å². The molecule has 1 aromatic rings. The van der Waals surface area contributed by atoms with E-state index in [4.69, 9.17) is 22.1 Å². The number of rotatable bonds is 1. The number of halogens is 1. The van der Waals surface area contributed by atoms with Crippen LogP contribution in [0.5, 0.6) is 0 Å². The maximum absolute atomic E-state index is 12.0. The van der Waals surface area contributed by atoms with Crippen molar-refractivity contribution in [2.75, 3.05) is 32.0 Å². The van der Waals surface area contributed by atoms with Crippen LogP contribution < -0.4 is 5.73 Å². The van der Waals surface area contributed by atoms with Crippen molar-refractivity contribution >= 4 is 23.2 Å². The van der Waals surface area contributed by atoms with E-state index in [9.17, 15) is 4.79 Å². The first-order chi connectivity index (χ1) is 7.68. The van der Waals surface area contributed by atoms with Crippen molar-refractivity contribution in [2.24, 2.45) is 0 Å². The topological polar surface area (TPSA) is 55.6 Å². The van der Waals surface area contributed by atoms with E-state index in [1.165, 1.54) is 0 Å². The number of nitrogen functional groups attached to an aromatic ring is 1. The minimum atomic E-state index is -0.0230. The molecule has 1 aliphatic rings. The van der Waals surface area contributed by atoms with Crippen LogP contribution in [0.2, 0.25) is 5.02 Å². The summed E-state index contributed by atoms with van der Waals surface area (Å²) in [6.07, 6.45) is 0. The predicted molar refractivity (Wildman–Crippen MR) is 62.6 cm³/mol. The molecule has 0 unspecified atom stereocenters. The number of hydrogen-bond acceptors (Lipinski definition) is 3. The van der Waals surface area contributed by atoms with Crippen LogP contribution >= 0.6 is 11.6 Å². The van der Waals surface area contributed by atoms with Crippen molar-refractivity contribution in [1.29, 1.82) is 0 Å². The Morgan fingerprint density at radius 3 is 2.69 bits per heavy atom. The number of amides is 1. The summed E-state index contributed by atoms with van der Waals surface area (Å²) in [5.74, 6) is -0.0230. The Kier molecular flexibility index (Phi) is 3.31. The number of morpholine rings is 1. The summed E-state index contributed by atoms with van der Waals surface area (Å²) in [5, 5.41) is 0.416. The minimum Gasteiger partial charge on any atom is -0.398 e. The molecule has 86 valence electrons. The van der Waals surface area contributed by atoms with Crippen LogP contribution in [-0.4, -0.2) is 37.1 Å². The Morgan fingerprint density at radius 1 is 1.38 bits per heavy atom. The fourth-order valence-electron chi connectivity index (χ4n) is 1.61. The number of benzene rings is 1. The van der Waals surface area contributed by atoms with Crippen LogP contribution in [0.4, 0.5) is 5.69 Å². The van der Waals surface area contributed by atoms with Gasteiger partial charge < -0.3 is 15.4 Å². The maximum atomic E-state index is 12.0. The molecule has 1 fully saturated rings. The van der Waals surface area contributed by atoms with E-state index in [0.29, 0.717) is 42.6 Å². The van der Waals surface area contributed by atoms with Gasteiger partial charge in [-0.15, -0.1) is 0 Å². The zero-order valence-corrected chi connectivity index (χ0v) is 9.54. The van der Waals surface area contributed by atoms with Crippen molar-refractivity contribution in [3.05, 3.63) is 28.8 Å². The van der Waals surface area contributed by atoms with Gasteiger partial charge in [-0.1, -0.05) is 11.6 Å². The number of hydrogen-bond donors (Lipinski definition) is 1. The Bertz CT molecular complexity index is 403. The van der Waals surface area contributed by atoms with Crippen LogP contribution in [0.15, 0.2) is 18.2 Å². The molecule has 0 spiro atoms. The molecule has 2 N–H and O–H groups in total. The van der Waals surface area contributed by atoms with Gasteiger partial charge >= 0.3 is 0 Å². The minimum absolute atomic E-state index is 0.0230. The highest BCUT2D eigenvalue weighted by Crippen LogP contribution is 2.20. The molecular formula is C11H13ClN2O2. The van der Waals surface area contributed by atoms with Crippen LogP contribution in [0.25, 0.3) is 0 Å². The van der Waals surface area contributed by atoms with Gasteiger partial charge in [-0.25, -0.2) is 0 Å². The average molecular weight is 241 g/mol. The Morgan fingerprint density at radius 2 is 2.06 bits per heavy atom. The number of ether oxygens (including phenoxy) is 1. The van der Waals surface area contributed by atoms with Crippen LogP contribution in [0, 0.1) is 0 Å². The molecule has 1 aliphatic heterocycles. The second-order valence-corrected chi connectivity index (χ2v) is 4.05. The molecule has 1 amide bonds. The van der Waals surface area contributed by atoms with Gasteiger partial charge in [0.1, 0.15) is 0 Å². The number of nitrogens with zero attached hydrogens (tertiary/aromatic N) is 1. The third-order valence-corrected chi connectivity index (χ3v) is 2.87. The Balaban J connectivity index is 2.16. The van der Waals surface area contributed by atoms with Gasteiger partial charge in [0, 0.05) is 18.7 Å². The molecule has 5 heteroatoms. The van der Waals surface area contributed by atoms with E-state index in [2.05, 4.69) is 0 Å². The molecule has 4 nitrogen and oxygen atoms in total. The molecule has 2 rings (SSSR count). The number of carbonyl (C=O) groups is 1. The largest absolute Gasteiger partial charge is 0.398 e. The quantitative estimate of drug-likeness (QED) is 0.755. The number of anilines is 1. The van der Waals surface area contributed by atoms with E-state index in [0.717, 1.165) is 0 Å². The molecule has 1 aromatic carbocycles. The lowest BCUT2D eigenvalue weighted by atomic mass is 10.1. The van der Waals surface area contributed by atoms with Crippen LogP contribution in [0.1, 0.15) is 10.4 Å². The first kappa shape index (κ1) is 11.2. The second kappa shape index (κ2) is 4.72. The monoisotopic (exact) mass is 240 g/mol.